The number of nitrogens with zero attached hydrogens (tertiary/aromatic N) is 1. The molecule has 1 heterocycles. The van der Waals surface area contributed by atoms with Crippen molar-refractivity contribution < 1.29 is 9.50 Å². The second kappa shape index (κ2) is 7.22. The van der Waals surface area contributed by atoms with E-state index in [4.69, 9.17) is 0 Å². The van der Waals surface area contributed by atoms with Gasteiger partial charge in [0.1, 0.15) is 5.82 Å². The van der Waals surface area contributed by atoms with E-state index in [1.165, 1.54) is 47.1 Å². The van der Waals surface area contributed by atoms with Crippen LogP contribution in [0.5, 0.6) is 0 Å². The molecule has 0 aliphatic heterocycles. The Hall–Kier alpha value is -1.78. The van der Waals surface area contributed by atoms with E-state index in [-0.39, 0.29) is 5.82 Å². The molecule has 2 nitrogen and oxygen atoms in total. The van der Waals surface area contributed by atoms with Gasteiger partial charge in [-0.05, 0) is 61.6 Å². The molecule has 3 aromatic rings. The number of para-hydroxylation sites is 1. The number of halogens is 1. The smallest absolute Gasteiger partial charge is 0.123 e. The molecular formula is C21H22FNOS. The van der Waals surface area contributed by atoms with Crippen LogP contribution in [0.15, 0.2) is 53.4 Å². The van der Waals surface area contributed by atoms with Crippen molar-refractivity contribution in [2.45, 2.75) is 43.2 Å². The van der Waals surface area contributed by atoms with E-state index in [2.05, 4.69) is 28.8 Å². The molecule has 0 radical (unpaired) electrons. The molecule has 2 aromatic carbocycles. The summed E-state index contributed by atoms with van der Waals surface area (Å²) in [5, 5.41) is 11.9. The van der Waals surface area contributed by atoms with Crippen molar-refractivity contribution in [1.29, 1.82) is 0 Å². The van der Waals surface area contributed by atoms with E-state index < -0.39 is 6.10 Å². The van der Waals surface area contributed by atoms with Gasteiger partial charge in [-0.2, -0.15) is 0 Å². The van der Waals surface area contributed by atoms with Gasteiger partial charge in [0.05, 0.1) is 6.10 Å². The van der Waals surface area contributed by atoms with Crippen LogP contribution in [0.2, 0.25) is 0 Å². The van der Waals surface area contributed by atoms with Gasteiger partial charge in [0, 0.05) is 33.8 Å². The lowest BCUT2D eigenvalue weighted by atomic mass is 9.95. The lowest BCUT2D eigenvalue weighted by Crippen LogP contribution is -2.20. The highest BCUT2D eigenvalue weighted by Gasteiger charge is 2.21. The minimum atomic E-state index is -0.433. The van der Waals surface area contributed by atoms with Gasteiger partial charge in [-0.25, -0.2) is 4.39 Å². The topological polar surface area (TPSA) is 25.2 Å². The molecule has 1 N–H and O–H groups in total. The molecule has 0 bridgehead atoms. The zero-order valence-corrected chi connectivity index (χ0v) is 14.9. The van der Waals surface area contributed by atoms with Crippen molar-refractivity contribution >= 4 is 22.7 Å². The van der Waals surface area contributed by atoms with Crippen LogP contribution in [0.4, 0.5) is 4.39 Å². The van der Waals surface area contributed by atoms with E-state index in [9.17, 15) is 9.50 Å². The number of aryl methyl sites for hydroxylation is 1. The normalized spacial score (nSPS) is 15.3. The SMILES string of the molecule is OC(CSc1ccc(F)cc1)Cn1c2c(c3ccccc31)CCCC2. The Morgan fingerprint density at radius 2 is 1.80 bits per heavy atom. The van der Waals surface area contributed by atoms with Gasteiger partial charge in [0.2, 0.25) is 0 Å². The third-order valence-electron chi connectivity index (χ3n) is 4.93. The number of aromatic nitrogens is 1. The molecule has 4 heteroatoms. The van der Waals surface area contributed by atoms with Gasteiger partial charge >= 0.3 is 0 Å². The van der Waals surface area contributed by atoms with Gasteiger partial charge in [-0.1, -0.05) is 18.2 Å². The second-order valence-electron chi connectivity index (χ2n) is 6.68. The number of aliphatic hydroxyl groups excluding tert-OH is 1. The van der Waals surface area contributed by atoms with Crippen LogP contribution < -0.4 is 0 Å². The van der Waals surface area contributed by atoms with Crippen molar-refractivity contribution in [3.8, 4) is 0 Å². The Bertz CT molecular complexity index is 871. The number of rotatable bonds is 5. The molecule has 1 atom stereocenters. The number of benzene rings is 2. The van der Waals surface area contributed by atoms with Gasteiger partial charge < -0.3 is 9.67 Å². The predicted octanol–water partition coefficient (Wildman–Crippen LogP) is 4.81. The van der Waals surface area contributed by atoms with Crippen molar-refractivity contribution in [3.63, 3.8) is 0 Å². The second-order valence-corrected chi connectivity index (χ2v) is 7.77. The molecule has 130 valence electrons. The van der Waals surface area contributed by atoms with Gasteiger partial charge in [-0.3, -0.25) is 0 Å². The molecule has 4 rings (SSSR count). The summed E-state index contributed by atoms with van der Waals surface area (Å²) in [5.41, 5.74) is 4.11. The largest absolute Gasteiger partial charge is 0.390 e. The molecule has 0 fully saturated rings. The summed E-state index contributed by atoms with van der Waals surface area (Å²) in [6.07, 6.45) is 4.29. The first-order valence-electron chi connectivity index (χ1n) is 8.88. The molecular weight excluding hydrogens is 333 g/mol. The van der Waals surface area contributed by atoms with Gasteiger partial charge in [0.15, 0.2) is 0 Å². The quantitative estimate of drug-likeness (QED) is 0.664. The van der Waals surface area contributed by atoms with Crippen LogP contribution in [0.3, 0.4) is 0 Å². The maximum Gasteiger partial charge on any atom is 0.123 e. The molecule has 0 spiro atoms. The minimum Gasteiger partial charge on any atom is -0.390 e. The Morgan fingerprint density at radius 3 is 2.64 bits per heavy atom. The summed E-state index contributed by atoms with van der Waals surface area (Å²) < 4.78 is 15.3. The van der Waals surface area contributed by atoms with E-state index in [0.717, 1.165) is 17.7 Å². The van der Waals surface area contributed by atoms with Crippen LogP contribution in [0.25, 0.3) is 10.9 Å². The number of hydrogen-bond donors (Lipinski definition) is 1. The van der Waals surface area contributed by atoms with Crippen molar-refractivity contribution in [2.24, 2.45) is 0 Å². The lowest BCUT2D eigenvalue weighted by molar-refractivity contribution is 0.178. The Kier molecular flexibility index (Phi) is 4.82. The van der Waals surface area contributed by atoms with E-state index in [0.29, 0.717) is 12.3 Å². The number of hydrogen-bond acceptors (Lipinski definition) is 2. The third kappa shape index (κ3) is 3.46. The fourth-order valence-corrected chi connectivity index (χ4v) is 4.60. The molecule has 0 saturated carbocycles. The van der Waals surface area contributed by atoms with Crippen LogP contribution in [-0.4, -0.2) is 21.5 Å². The van der Waals surface area contributed by atoms with E-state index in [1.54, 1.807) is 23.9 Å². The van der Waals surface area contributed by atoms with Gasteiger partial charge in [0.25, 0.3) is 0 Å². The molecule has 1 aliphatic rings. The third-order valence-corrected chi connectivity index (χ3v) is 6.09. The highest BCUT2D eigenvalue weighted by molar-refractivity contribution is 7.99. The van der Waals surface area contributed by atoms with E-state index >= 15 is 0 Å². The summed E-state index contributed by atoms with van der Waals surface area (Å²) in [6, 6.07) is 15.0. The number of thioether (sulfide) groups is 1. The zero-order chi connectivity index (χ0) is 17.2. The minimum absolute atomic E-state index is 0.227. The first kappa shape index (κ1) is 16.7. The maximum atomic E-state index is 13.0. The molecule has 1 aromatic heterocycles. The lowest BCUT2D eigenvalue weighted by Gasteiger charge is -2.18. The van der Waals surface area contributed by atoms with Crippen molar-refractivity contribution in [1.82, 2.24) is 4.57 Å². The average Bonchev–Trinajstić information content (AvgIpc) is 2.96. The number of aliphatic hydroxyl groups is 1. The van der Waals surface area contributed by atoms with Gasteiger partial charge in [-0.15, -0.1) is 11.8 Å². The Labute approximate surface area is 151 Å². The first-order chi connectivity index (χ1) is 12.2. The monoisotopic (exact) mass is 355 g/mol. The molecule has 1 aliphatic carbocycles. The maximum absolute atomic E-state index is 13.0. The fourth-order valence-electron chi connectivity index (χ4n) is 3.78. The number of fused-ring (bicyclic) bond motifs is 3. The van der Waals surface area contributed by atoms with Crippen LogP contribution in [0.1, 0.15) is 24.1 Å². The summed E-state index contributed by atoms with van der Waals surface area (Å²) in [5.74, 6) is 0.378. The first-order valence-corrected chi connectivity index (χ1v) is 9.86. The highest BCUT2D eigenvalue weighted by atomic mass is 32.2. The van der Waals surface area contributed by atoms with Crippen LogP contribution in [0, 0.1) is 5.82 Å². The average molecular weight is 355 g/mol. The Balaban J connectivity index is 1.53. The predicted molar refractivity (Wildman–Crippen MR) is 102 cm³/mol. The van der Waals surface area contributed by atoms with Crippen LogP contribution in [-0.2, 0) is 19.4 Å². The molecule has 1 unspecified atom stereocenters. The van der Waals surface area contributed by atoms with Crippen LogP contribution >= 0.6 is 11.8 Å². The molecule has 25 heavy (non-hydrogen) atoms. The Morgan fingerprint density at radius 1 is 1.04 bits per heavy atom. The van der Waals surface area contributed by atoms with Crippen molar-refractivity contribution in [2.75, 3.05) is 5.75 Å². The standard InChI is InChI=1S/C21H22FNOS/c22-15-9-11-17(12-10-15)25-14-16(24)13-23-20-7-3-1-5-18(20)19-6-2-4-8-21(19)23/h1,3,5,7,9-12,16,24H,2,4,6,8,13-14H2. The fraction of sp³-hybridized carbons (Fsp3) is 0.333. The highest BCUT2D eigenvalue weighted by Crippen LogP contribution is 2.32. The molecule has 0 amide bonds. The molecule has 0 saturated heterocycles. The summed E-state index contributed by atoms with van der Waals surface area (Å²) >= 11 is 1.57. The summed E-state index contributed by atoms with van der Waals surface area (Å²) in [7, 11) is 0. The van der Waals surface area contributed by atoms with Crippen molar-refractivity contribution in [3.05, 3.63) is 65.6 Å². The summed E-state index contributed by atoms with van der Waals surface area (Å²) in [4.78, 5) is 0.986. The zero-order valence-electron chi connectivity index (χ0n) is 14.1. The summed E-state index contributed by atoms with van der Waals surface area (Å²) in [6.45, 7) is 0.615. The van der Waals surface area contributed by atoms with E-state index in [1.807, 2.05) is 0 Å².